The number of hydrogen-bond donors (Lipinski definition) is 4. The Morgan fingerprint density at radius 2 is 1.48 bits per heavy atom. The standard InChI is InChI=1S/C17H32N4O4S2/c1-4-5-6-7-14(22)20-17(25)19-10-11-26-27-12-15(23)21-16(24)18-9-8-13(2)3/h13H,4-12H2,1-3H3,(H2,18,21,23,24)(H2,19,20,22,25). The summed E-state index contributed by atoms with van der Waals surface area (Å²) in [7, 11) is 2.70. The van der Waals surface area contributed by atoms with Crippen LogP contribution in [0.1, 0.15) is 52.9 Å². The highest BCUT2D eigenvalue weighted by atomic mass is 33.1. The van der Waals surface area contributed by atoms with Crippen molar-refractivity contribution in [3.63, 3.8) is 0 Å². The van der Waals surface area contributed by atoms with E-state index in [1.54, 1.807) is 0 Å². The van der Waals surface area contributed by atoms with E-state index in [1.807, 2.05) is 6.92 Å². The van der Waals surface area contributed by atoms with Crippen LogP contribution in [0.25, 0.3) is 0 Å². The second-order valence-corrected chi connectivity index (χ2v) is 8.91. The highest BCUT2D eigenvalue weighted by molar-refractivity contribution is 8.76. The van der Waals surface area contributed by atoms with E-state index >= 15 is 0 Å². The van der Waals surface area contributed by atoms with E-state index < -0.39 is 12.1 Å². The fraction of sp³-hybridized carbons (Fsp3) is 0.765. The van der Waals surface area contributed by atoms with Crippen LogP contribution in [-0.2, 0) is 9.59 Å². The molecule has 156 valence electrons. The molecule has 0 aromatic heterocycles. The molecule has 10 heteroatoms. The van der Waals surface area contributed by atoms with Crippen molar-refractivity contribution in [2.45, 2.75) is 52.9 Å². The summed E-state index contributed by atoms with van der Waals surface area (Å²) in [6, 6.07) is -0.980. The van der Waals surface area contributed by atoms with Gasteiger partial charge in [0.15, 0.2) is 0 Å². The van der Waals surface area contributed by atoms with E-state index in [9.17, 15) is 19.2 Å². The smallest absolute Gasteiger partial charge is 0.321 e. The summed E-state index contributed by atoms with van der Waals surface area (Å²) < 4.78 is 0. The van der Waals surface area contributed by atoms with Gasteiger partial charge in [0.2, 0.25) is 11.8 Å². The van der Waals surface area contributed by atoms with Gasteiger partial charge in [-0.05, 0) is 18.8 Å². The second kappa shape index (κ2) is 16.7. The summed E-state index contributed by atoms with van der Waals surface area (Å²) in [6.45, 7) is 7.08. The van der Waals surface area contributed by atoms with E-state index in [0.717, 1.165) is 25.7 Å². The number of rotatable bonds is 13. The Morgan fingerprint density at radius 1 is 0.852 bits per heavy atom. The lowest BCUT2D eigenvalue weighted by atomic mass is 10.1. The molecule has 0 aromatic carbocycles. The maximum Gasteiger partial charge on any atom is 0.321 e. The van der Waals surface area contributed by atoms with Crippen LogP contribution >= 0.6 is 21.6 Å². The zero-order valence-corrected chi connectivity index (χ0v) is 18.0. The zero-order chi connectivity index (χ0) is 20.5. The summed E-state index contributed by atoms with van der Waals surface area (Å²) >= 11 is 0. The molecule has 8 nitrogen and oxygen atoms in total. The molecule has 0 saturated carbocycles. The molecule has 0 saturated heterocycles. The molecule has 4 N–H and O–H groups in total. The Hall–Kier alpha value is -1.42. The fourth-order valence-electron chi connectivity index (χ4n) is 1.81. The number of carbonyl (C=O) groups is 4. The van der Waals surface area contributed by atoms with Crippen LogP contribution in [0.4, 0.5) is 9.59 Å². The monoisotopic (exact) mass is 420 g/mol. The third-order valence-corrected chi connectivity index (χ3v) is 5.54. The number of carbonyl (C=O) groups excluding carboxylic acids is 4. The minimum absolute atomic E-state index is 0.143. The van der Waals surface area contributed by atoms with Gasteiger partial charge in [-0.1, -0.05) is 55.2 Å². The fourth-order valence-corrected chi connectivity index (χ4v) is 3.55. The van der Waals surface area contributed by atoms with Crippen molar-refractivity contribution in [2.75, 3.05) is 24.6 Å². The number of amides is 6. The van der Waals surface area contributed by atoms with Crippen LogP contribution in [0.2, 0.25) is 0 Å². The number of unbranched alkanes of at least 4 members (excludes halogenated alkanes) is 2. The van der Waals surface area contributed by atoms with Crippen molar-refractivity contribution >= 4 is 45.5 Å². The molecule has 0 unspecified atom stereocenters. The molecule has 0 aliphatic heterocycles. The first-order chi connectivity index (χ1) is 12.8. The lowest BCUT2D eigenvalue weighted by Crippen LogP contribution is -2.41. The first kappa shape index (κ1) is 25.6. The molecule has 6 amide bonds. The minimum atomic E-state index is -0.502. The van der Waals surface area contributed by atoms with Gasteiger partial charge in [0.05, 0.1) is 5.75 Å². The topological polar surface area (TPSA) is 116 Å². The maximum atomic E-state index is 11.6. The van der Waals surface area contributed by atoms with Crippen molar-refractivity contribution in [1.29, 1.82) is 0 Å². The van der Waals surface area contributed by atoms with E-state index in [2.05, 4.69) is 35.1 Å². The van der Waals surface area contributed by atoms with Crippen molar-refractivity contribution in [3.05, 3.63) is 0 Å². The van der Waals surface area contributed by atoms with Gasteiger partial charge >= 0.3 is 12.1 Å². The van der Waals surface area contributed by atoms with Crippen LogP contribution in [0.5, 0.6) is 0 Å². The quantitative estimate of drug-likeness (QED) is 0.269. The number of urea groups is 2. The Bertz CT molecular complexity index is 476. The van der Waals surface area contributed by atoms with Gasteiger partial charge in [-0.3, -0.25) is 20.2 Å². The van der Waals surface area contributed by atoms with Crippen molar-refractivity contribution < 1.29 is 19.2 Å². The van der Waals surface area contributed by atoms with E-state index in [4.69, 9.17) is 0 Å². The van der Waals surface area contributed by atoms with Crippen LogP contribution in [0.3, 0.4) is 0 Å². The highest BCUT2D eigenvalue weighted by Gasteiger charge is 2.08. The number of hydrogen-bond acceptors (Lipinski definition) is 6. The summed E-state index contributed by atoms with van der Waals surface area (Å²) in [4.78, 5) is 46.0. The third kappa shape index (κ3) is 17.7. The molecule has 0 atom stereocenters. The van der Waals surface area contributed by atoms with Gasteiger partial charge in [0.25, 0.3) is 0 Å². The van der Waals surface area contributed by atoms with Gasteiger partial charge in [0.1, 0.15) is 0 Å². The van der Waals surface area contributed by atoms with Gasteiger partial charge in [-0.15, -0.1) is 0 Å². The van der Waals surface area contributed by atoms with Gasteiger partial charge in [-0.2, -0.15) is 0 Å². The first-order valence-corrected chi connectivity index (χ1v) is 11.7. The number of imide groups is 2. The Balaban J connectivity index is 3.59. The molecule has 0 aromatic rings. The van der Waals surface area contributed by atoms with Crippen LogP contribution in [0.15, 0.2) is 0 Å². The van der Waals surface area contributed by atoms with E-state index in [1.165, 1.54) is 21.6 Å². The molecule has 0 spiro atoms. The van der Waals surface area contributed by atoms with Gasteiger partial charge in [-0.25, -0.2) is 9.59 Å². The maximum absolute atomic E-state index is 11.6. The molecule has 0 aliphatic rings. The largest absolute Gasteiger partial charge is 0.338 e. The molecule has 0 heterocycles. The molecule has 0 rings (SSSR count). The van der Waals surface area contributed by atoms with E-state index in [0.29, 0.717) is 31.2 Å². The normalized spacial score (nSPS) is 10.4. The minimum Gasteiger partial charge on any atom is -0.338 e. The summed E-state index contributed by atoms with van der Waals surface area (Å²) in [6.07, 6.45) is 3.98. The summed E-state index contributed by atoms with van der Waals surface area (Å²) in [5.41, 5.74) is 0. The molecular weight excluding hydrogens is 388 g/mol. The highest BCUT2D eigenvalue weighted by Crippen LogP contribution is 2.19. The SMILES string of the molecule is CCCCCC(=O)NC(=O)NCCSSCC(=O)NC(=O)NCCC(C)C. The average Bonchev–Trinajstić information content (AvgIpc) is 2.57. The molecular formula is C17H32N4O4S2. The van der Waals surface area contributed by atoms with Crippen molar-refractivity contribution in [3.8, 4) is 0 Å². The van der Waals surface area contributed by atoms with E-state index in [-0.39, 0.29) is 17.6 Å². The lowest BCUT2D eigenvalue weighted by molar-refractivity contribution is -0.120. The third-order valence-electron chi connectivity index (χ3n) is 3.26. The Kier molecular flexibility index (Phi) is 15.9. The number of nitrogens with one attached hydrogen (secondary N) is 4. The Labute approximate surface area is 169 Å². The first-order valence-electron chi connectivity index (χ1n) is 9.24. The molecule has 0 aliphatic carbocycles. The Morgan fingerprint density at radius 3 is 2.11 bits per heavy atom. The lowest BCUT2D eigenvalue weighted by Gasteiger charge is -2.08. The molecule has 0 bridgehead atoms. The predicted octanol–water partition coefficient (Wildman–Crippen LogP) is 2.65. The van der Waals surface area contributed by atoms with Crippen LogP contribution in [0, 0.1) is 5.92 Å². The molecule has 27 heavy (non-hydrogen) atoms. The summed E-state index contributed by atoms with van der Waals surface area (Å²) in [5.74, 6) is 0.576. The molecule has 0 radical (unpaired) electrons. The van der Waals surface area contributed by atoms with Crippen molar-refractivity contribution in [2.24, 2.45) is 5.92 Å². The second-order valence-electron chi connectivity index (χ2n) is 6.33. The van der Waals surface area contributed by atoms with Gasteiger partial charge < -0.3 is 10.6 Å². The van der Waals surface area contributed by atoms with Crippen LogP contribution < -0.4 is 21.3 Å². The van der Waals surface area contributed by atoms with Crippen molar-refractivity contribution in [1.82, 2.24) is 21.3 Å². The van der Waals surface area contributed by atoms with Gasteiger partial charge in [0, 0.05) is 25.3 Å². The zero-order valence-electron chi connectivity index (χ0n) is 16.4. The summed E-state index contributed by atoms with van der Waals surface area (Å²) in [5, 5.41) is 9.76. The predicted molar refractivity (Wildman–Crippen MR) is 112 cm³/mol. The van der Waals surface area contributed by atoms with Crippen LogP contribution in [-0.4, -0.2) is 48.5 Å². The molecule has 0 fully saturated rings. The average molecular weight is 421 g/mol.